The Morgan fingerprint density at radius 3 is 2.65 bits per heavy atom. The number of carbonyl (C=O) groups excluding carboxylic acids is 1. The number of thioether (sulfide) groups is 1. The topological polar surface area (TPSA) is 64.4 Å². The molecular formula is C20H20N2O3S. The van der Waals surface area contributed by atoms with Crippen molar-refractivity contribution in [2.45, 2.75) is 24.1 Å². The highest BCUT2D eigenvalue weighted by Crippen LogP contribution is 2.26. The molecule has 1 aromatic heterocycles. The lowest BCUT2D eigenvalue weighted by Gasteiger charge is -2.10. The first-order valence-corrected chi connectivity index (χ1v) is 9.19. The van der Waals surface area contributed by atoms with Gasteiger partial charge in [-0.05, 0) is 36.8 Å². The molecule has 5 nitrogen and oxygen atoms in total. The van der Waals surface area contributed by atoms with Crippen molar-refractivity contribution < 1.29 is 14.1 Å². The predicted molar refractivity (Wildman–Crippen MR) is 101 cm³/mol. The van der Waals surface area contributed by atoms with E-state index >= 15 is 0 Å². The fourth-order valence-corrected chi connectivity index (χ4v) is 3.37. The van der Waals surface area contributed by atoms with Crippen LogP contribution in [-0.2, 0) is 12.3 Å². The lowest BCUT2D eigenvalue weighted by atomic mass is 10.2. The number of aryl methyl sites for hydroxylation is 1. The van der Waals surface area contributed by atoms with Crippen LogP contribution in [0.4, 0.5) is 0 Å². The highest BCUT2D eigenvalue weighted by Gasteiger charge is 2.12. The molecule has 0 bridgehead atoms. The van der Waals surface area contributed by atoms with Gasteiger partial charge in [0, 0.05) is 23.3 Å². The van der Waals surface area contributed by atoms with Gasteiger partial charge < -0.3 is 14.6 Å². The van der Waals surface area contributed by atoms with Crippen molar-refractivity contribution in [1.29, 1.82) is 0 Å². The molecule has 1 amide bonds. The maximum absolute atomic E-state index is 12.6. The quantitative estimate of drug-likeness (QED) is 0.633. The molecule has 0 fully saturated rings. The first kappa shape index (κ1) is 18.1. The lowest BCUT2D eigenvalue weighted by molar-refractivity contribution is 0.0948. The Labute approximate surface area is 156 Å². The molecule has 0 radical (unpaired) electrons. The van der Waals surface area contributed by atoms with Crippen molar-refractivity contribution in [2.75, 3.05) is 7.11 Å². The summed E-state index contributed by atoms with van der Waals surface area (Å²) in [5.74, 6) is 2.14. The number of amides is 1. The molecule has 1 N–H and O–H groups in total. The van der Waals surface area contributed by atoms with Crippen molar-refractivity contribution >= 4 is 17.7 Å². The number of carbonyl (C=O) groups is 1. The third-order valence-electron chi connectivity index (χ3n) is 3.80. The summed E-state index contributed by atoms with van der Waals surface area (Å²) in [5.41, 5.74) is 2.54. The molecule has 1 heterocycles. The summed E-state index contributed by atoms with van der Waals surface area (Å²) in [6.07, 6.45) is 0. The maximum Gasteiger partial charge on any atom is 0.252 e. The van der Waals surface area contributed by atoms with Crippen molar-refractivity contribution in [1.82, 2.24) is 10.5 Å². The van der Waals surface area contributed by atoms with Gasteiger partial charge in [0.15, 0.2) is 0 Å². The molecule has 3 aromatic rings. The Morgan fingerprint density at radius 2 is 1.96 bits per heavy atom. The summed E-state index contributed by atoms with van der Waals surface area (Å²) in [7, 11) is 1.63. The average Bonchev–Trinajstić information content (AvgIpc) is 3.10. The standard InChI is InChI=1S/C20H20N2O3S/c1-14-11-16(22-25-14)13-26-19-6-4-3-5-18(19)20(23)21-12-15-7-9-17(24-2)10-8-15/h3-11H,12-13H2,1-2H3,(H,21,23). The number of rotatable bonds is 7. The normalized spacial score (nSPS) is 10.5. The summed E-state index contributed by atoms with van der Waals surface area (Å²) >= 11 is 1.57. The Kier molecular flexibility index (Phi) is 5.96. The minimum Gasteiger partial charge on any atom is -0.497 e. The van der Waals surface area contributed by atoms with Crippen LogP contribution in [-0.4, -0.2) is 18.2 Å². The summed E-state index contributed by atoms with van der Waals surface area (Å²) in [6, 6.07) is 17.1. The van der Waals surface area contributed by atoms with Gasteiger partial charge in [-0.15, -0.1) is 11.8 Å². The molecule has 0 saturated carbocycles. The SMILES string of the molecule is COc1ccc(CNC(=O)c2ccccc2SCc2cc(C)on2)cc1. The van der Waals surface area contributed by atoms with E-state index in [9.17, 15) is 4.79 Å². The highest BCUT2D eigenvalue weighted by atomic mass is 32.2. The van der Waals surface area contributed by atoms with E-state index in [0.29, 0.717) is 17.9 Å². The van der Waals surface area contributed by atoms with Gasteiger partial charge in [0.25, 0.3) is 5.91 Å². The molecule has 0 aliphatic carbocycles. The highest BCUT2D eigenvalue weighted by molar-refractivity contribution is 7.98. The van der Waals surface area contributed by atoms with Crippen LogP contribution in [0.5, 0.6) is 5.75 Å². The van der Waals surface area contributed by atoms with E-state index in [1.54, 1.807) is 18.9 Å². The zero-order valence-corrected chi connectivity index (χ0v) is 15.5. The van der Waals surface area contributed by atoms with Gasteiger partial charge >= 0.3 is 0 Å². The van der Waals surface area contributed by atoms with E-state index in [2.05, 4.69) is 10.5 Å². The van der Waals surface area contributed by atoms with E-state index in [1.165, 1.54) is 0 Å². The van der Waals surface area contributed by atoms with E-state index in [0.717, 1.165) is 27.7 Å². The maximum atomic E-state index is 12.6. The first-order chi connectivity index (χ1) is 12.7. The second-order valence-corrected chi connectivity index (χ2v) is 6.76. The molecule has 3 rings (SSSR count). The van der Waals surface area contributed by atoms with Gasteiger partial charge in [-0.2, -0.15) is 0 Å². The van der Waals surface area contributed by atoms with Gasteiger partial charge in [0.1, 0.15) is 11.5 Å². The first-order valence-electron chi connectivity index (χ1n) is 8.21. The molecule has 26 heavy (non-hydrogen) atoms. The van der Waals surface area contributed by atoms with Crippen molar-refractivity contribution in [3.05, 3.63) is 77.2 Å². The number of nitrogens with zero attached hydrogens (tertiary/aromatic N) is 1. The second-order valence-electron chi connectivity index (χ2n) is 5.74. The zero-order valence-electron chi connectivity index (χ0n) is 14.7. The largest absolute Gasteiger partial charge is 0.497 e. The third kappa shape index (κ3) is 4.67. The van der Waals surface area contributed by atoms with Crippen molar-refractivity contribution in [2.24, 2.45) is 0 Å². The van der Waals surface area contributed by atoms with Gasteiger partial charge in [-0.1, -0.05) is 29.4 Å². The van der Waals surface area contributed by atoms with E-state index < -0.39 is 0 Å². The van der Waals surface area contributed by atoms with Crippen LogP contribution >= 0.6 is 11.8 Å². The second kappa shape index (κ2) is 8.58. The van der Waals surface area contributed by atoms with Crippen LogP contribution in [0.2, 0.25) is 0 Å². The van der Waals surface area contributed by atoms with Crippen LogP contribution in [0.15, 0.2) is 64.0 Å². The van der Waals surface area contributed by atoms with Gasteiger partial charge in [0.2, 0.25) is 0 Å². The summed E-state index contributed by atoms with van der Waals surface area (Å²) in [4.78, 5) is 13.5. The number of hydrogen-bond donors (Lipinski definition) is 1. The van der Waals surface area contributed by atoms with Crippen LogP contribution in [0, 0.1) is 6.92 Å². The molecule has 134 valence electrons. The molecule has 2 aromatic carbocycles. The Bertz CT molecular complexity index is 875. The summed E-state index contributed by atoms with van der Waals surface area (Å²) in [6.45, 7) is 2.33. The van der Waals surface area contributed by atoms with Crippen LogP contribution in [0.25, 0.3) is 0 Å². The fourth-order valence-electron chi connectivity index (χ4n) is 2.44. The number of aromatic nitrogens is 1. The molecule has 0 aliphatic heterocycles. The number of nitrogens with one attached hydrogen (secondary N) is 1. The van der Waals surface area contributed by atoms with E-state index in [4.69, 9.17) is 9.26 Å². The predicted octanol–water partition coefficient (Wildman–Crippen LogP) is 4.21. The van der Waals surface area contributed by atoms with Crippen molar-refractivity contribution in [3.63, 3.8) is 0 Å². The Balaban J connectivity index is 1.63. The van der Waals surface area contributed by atoms with Crippen LogP contribution in [0.3, 0.4) is 0 Å². The monoisotopic (exact) mass is 368 g/mol. The van der Waals surface area contributed by atoms with Crippen LogP contribution < -0.4 is 10.1 Å². The smallest absolute Gasteiger partial charge is 0.252 e. The van der Waals surface area contributed by atoms with Crippen molar-refractivity contribution in [3.8, 4) is 5.75 Å². The Hall–Kier alpha value is -2.73. The number of methoxy groups -OCH3 is 1. The fraction of sp³-hybridized carbons (Fsp3) is 0.200. The summed E-state index contributed by atoms with van der Waals surface area (Å²) in [5, 5.41) is 6.96. The van der Waals surface area contributed by atoms with Gasteiger partial charge in [-0.3, -0.25) is 4.79 Å². The molecule has 0 saturated heterocycles. The lowest BCUT2D eigenvalue weighted by Crippen LogP contribution is -2.23. The Morgan fingerprint density at radius 1 is 1.19 bits per heavy atom. The molecule has 6 heteroatoms. The molecule has 0 unspecified atom stereocenters. The van der Waals surface area contributed by atoms with Gasteiger partial charge in [-0.25, -0.2) is 0 Å². The molecule has 0 spiro atoms. The van der Waals surface area contributed by atoms with E-state index in [1.807, 2.05) is 61.5 Å². The zero-order chi connectivity index (χ0) is 18.4. The minimum atomic E-state index is -0.0970. The van der Waals surface area contributed by atoms with Gasteiger partial charge in [0.05, 0.1) is 18.4 Å². The third-order valence-corrected chi connectivity index (χ3v) is 4.90. The molecule has 0 aliphatic rings. The number of hydrogen-bond acceptors (Lipinski definition) is 5. The molecule has 0 atom stereocenters. The van der Waals surface area contributed by atoms with Crippen LogP contribution in [0.1, 0.15) is 27.4 Å². The number of benzene rings is 2. The average molecular weight is 368 g/mol. The van der Waals surface area contributed by atoms with E-state index in [-0.39, 0.29) is 5.91 Å². The summed E-state index contributed by atoms with van der Waals surface area (Å²) < 4.78 is 10.2. The minimum absolute atomic E-state index is 0.0970. The molecular weight excluding hydrogens is 348 g/mol. The number of ether oxygens (including phenoxy) is 1.